The van der Waals surface area contributed by atoms with E-state index in [1.165, 1.54) is 0 Å². The number of para-hydroxylation sites is 1. The maximum atomic E-state index is 12.2. The number of urea groups is 1. The van der Waals surface area contributed by atoms with Crippen LogP contribution < -0.4 is 11.1 Å². The van der Waals surface area contributed by atoms with E-state index in [4.69, 9.17) is 10.5 Å². The molecule has 0 saturated carbocycles. The number of hydrogen-bond acceptors (Lipinski definition) is 3. The Labute approximate surface area is 107 Å². The van der Waals surface area contributed by atoms with Gasteiger partial charge in [0.05, 0.1) is 25.3 Å². The molecule has 2 rings (SSSR count). The topological polar surface area (TPSA) is 67.6 Å². The summed E-state index contributed by atoms with van der Waals surface area (Å²) in [4.78, 5) is 13.9. The molecule has 0 radical (unpaired) electrons. The molecule has 98 valence electrons. The highest BCUT2D eigenvalue weighted by atomic mass is 16.5. The van der Waals surface area contributed by atoms with Gasteiger partial charge in [0.2, 0.25) is 0 Å². The molecule has 18 heavy (non-hydrogen) atoms. The molecule has 1 heterocycles. The maximum Gasteiger partial charge on any atom is 0.322 e. The second kappa shape index (κ2) is 5.84. The van der Waals surface area contributed by atoms with Crippen LogP contribution in [0.1, 0.15) is 6.92 Å². The van der Waals surface area contributed by atoms with Crippen molar-refractivity contribution in [3.63, 3.8) is 0 Å². The number of benzene rings is 1. The molecule has 0 spiro atoms. The fourth-order valence-electron chi connectivity index (χ4n) is 1.96. The lowest BCUT2D eigenvalue weighted by atomic mass is 10.2. The van der Waals surface area contributed by atoms with E-state index in [0.29, 0.717) is 19.7 Å². The number of morpholine rings is 1. The number of nitrogens with two attached hydrogens (primary N) is 1. The molecule has 2 amide bonds. The van der Waals surface area contributed by atoms with Crippen molar-refractivity contribution in [1.82, 2.24) is 4.90 Å². The first-order valence-electron chi connectivity index (χ1n) is 6.15. The van der Waals surface area contributed by atoms with Crippen molar-refractivity contribution in [1.29, 1.82) is 0 Å². The number of carbonyl (C=O) groups excluding carboxylic acids is 1. The quantitative estimate of drug-likeness (QED) is 0.829. The van der Waals surface area contributed by atoms with Crippen LogP contribution in [0.2, 0.25) is 0 Å². The van der Waals surface area contributed by atoms with Crippen molar-refractivity contribution < 1.29 is 9.53 Å². The van der Waals surface area contributed by atoms with E-state index in [1.807, 2.05) is 37.3 Å². The Morgan fingerprint density at radius 1 is 1.50 bits per heavy atom. The molecule has 1 aromatic rings. The number of amides is 2. The summed E-state index contributed by atoms with van der Waals surface area (Å²) in [6.45, 7) is 3.47. The van der Waals surface area contributed by atoms with Gasteiger partial charge < -0.3 is 20.7 Å². The van der Waals surface area contributed by atoms with Gasteiger partial charge in [-0.2, -0.15) is 0 Å². The third kappa shape index (κ3) is 3.00. The molecule has 1 aromatic carbocycles. The molecule has 5 nitrogen and oxygen atoms in total. The zero-order chi connectivity index (χ0) is 13.0. The van der Waals surface area contributed by atoms with E-state index in [2.05, 4.69) is 5.32 Å². The van der Waals surface area contributed by atoms with E-state index in [9.17, 15) is 4.79 Å². The lowest BCUT2D eigenvalue weighted by molar-refractivity contribution is -0.0341. The van der Waals surface area contributed by atoms with Crippen molar-refractivity contribution in [3.8, 4) is 0 Å². The van der Waals surface area contributed by atoms with E-state index in [1.54, 1.807) is 4.90 Å². The molecule has 1 aliphatic heterocycles. The normalized spacial score (nSPS) is 23.8. The summed E-state index contributed by atoms with van der Waals surface area (Å²) < 4.78 is 5.52. The second-order valence-corrected chi connectivity index (χ2v) is 4.49. The van der Waals surface area contributed by atoms with Crippen LogP contribution in [0.25, 0.3) is 0 Å². The predicted octanol–water partition coefficient (Wildman–Crippen LogP) is 1.27. The van der Waals surface area contributed by atoms with Gasteiger partial charge in [0.1, 0.15) is 0 Å². The Kier molecular flexibility index (Phi) is 4.17. The minimum absolute atomic E-state index is 0.0662. The summed E-state index contributed by atoms with van der Waals surface area (Å²) in [6.07, 6.45) is -0.0669. The molecule has 5 heteroatoms. The highest BCUT2D eigenvalue weighted by Gasteiger charge is 2.28. The zero-order valence-corrected chi connectivity index (χ0v) is 10.5. The Hall–Kier alpha value is -1.59. The van der Waals surface area contributed by atoms with Gasteiger partial charge in [0.25, 0.3) is 0 Å². The molecular weight excluding hydrogens is 230 g/mol. The van der Waals surface area contributed by atoms with Crippen LogP contribution in [-0.2, 0) is 4.74 Å². The van der Waals surface area contributed by atoms with E-state index in [0.717, 1.165) is 5.69 Å². The molecule has 1 aliphatic rings. The van der Waals surface area contributed by atoms with Gasteiger partial charge in [-0.1, -0.05) is 18.2 Å². The highest BCUT2D eigenvalue weighted by Crippen LogP contribution is 2.14. The number of anilines is 1. The van der Waals surface area contributed by atoms with Crippen LogP contribution in [0.4, 0.5) is 10.5 Å². The largest absolute Gasteiger partial charge is 0.373 e. The van der Waals surface area contributed by atoms with Crippen LogP contribution in [0.15, 0.2) is 30.3 Å². The third-order valence-corrected chi connectivity index (χ3v) is 3.05. The number of ether oxygens (including phenoxy) is 1. The van der Waals surface area contributed by atoms with Gasteiger partial charge in [0, 0.05) is 12.2 Å². The number of nitrogens with zero attached hydrogens (tertiary/aromatic N) is 1. The average molecular weight is 249 g/mol. The van der Waals surface area contributed by atoms with Crippen molar-refractivity contribution >= 4 is 11.7 Å². The predicted molar refractivity (Wildman–Crippen MR) is 70.4 cm³/mol. The van der Waals surface area contributed by atoms with Gasteiger partial charge >= 0.3 is 6.03 Å². The summed E-state index contributed by atoms with van der Waals surface area (Å²) in [5.41, 5.74) is 6.38. The van der Waals surface area contributed by atoms with Crippen molar-refractivity contribution in [2.75, 3.05) is 25.0 Å². The minimum Gasteiger partial charge on any atom is -0.373 e. The van der Waals surface area contributed by atoms with Crippen LogP contribution in [0.3, 0.4) is 0 Å². The monoisotopic (exact) mass is 249 g/mol. The number of rotatable bonds is 2. The molecule has 1 saturated heterocycles. The van der Waals surface area contributed by atoms with Crippen LogP contribution in [0, 0.1) is 0 Å². The summed E-state index contributed by atoms with van der Waals surface area (Å²) in [5.74, 6) is 0. The first-order chi connectivity index (χ1) is 8.70. The minimum atomic E-state index is -0.101. The molecule has 2 atom stereocenters. The lowest BCUT2D eigenvalue weighted by Crippen LogP contribution is -2.54. The maximum absolute atomic E-state index is 12.2. The first kappa shape index (κ1) is 12.9. The summed E-state index contributed by atoms with van der Waals surface area (Å²) in [7, 11) is 0. The highest BCUT2D eigenvalue weighted by molar-refractivity contribution is 5.89. The molecular formula is C13H19N3O2. The molecule has 0 aliphatic carbocycles. The Morgan fingerprint density at radius 3 is 2.89 bits per heavy atom. The van der Waals surface area contributed by atoms with E-state index >= 15 is 0 Å². The number of nitrogens with one attached hydrogen (secondary N) is 1. The van der Waals surface area contributed by atoms with Gasteiger partial charge in [-0.25, -0.2) is 4.79 Å². The van der Waals surface area contributed by atoms with Crippen molar-refractivity contribution in [3.05, 3.63) is 30.3 Å². The molecule has 3 N–H and O–H groups in total. The summed E-state index contributed by atoms with van der Waals surface area (Å²) in [6, 6.07) is 9.39. The van der Waals surface area contributed by atoms with Crippen LogP contribution in [0.5, 0.6) is 0 Å². The Balaban J connectivity index is 1.99. The second-order valence-electron chi connectivity index (χ2n) is 4.49. The van der Waals surface area contributed by atoms with Gasteiger partial charge in [-0.3, -0.25) is 0 Å². The molecule has 0 bridgehead atoms. The Bertz CT molecular complexity index is 396. The fraction of sp³-hybridized carbons (Fsp3) is 0.462. The first-order valence-corrected chi connectivity index (χ1v) is 6.15. The smallest absolute Gasteiger partial charge is 0.322 e. The van der Waals surface area contributed by atoms with Crippen LogP contribution >= 0.6 is 0 Å². The summed E-state index contributed by atoms with van der Waals surface area (Å²) >= 11 is 0. The van der Waals surface area contributed by atoms with Crippen molar-refractivity contribution in [2.45, 2.75) is 19.1 Å². The molecule has 2 unspecified atom stereocenters. The molecule has 0 aromatic heterocycles. The number of carbonyl (C=O) groups is 1. The fourth-order valence-corrected chi connectivity index (χ4v) is 1.96. The van der Waals surface area contributed by atoms with E-state index in [-0.39, 0.29) is 18.2 Å². The standard InChI is InChI=1S/C13H19N3O2/c1-10-9-18-12(7-14)8-16(10)13(17)15-11-5-3-2-4-6-11/h2-6,10,12H,7-9,14H2,1H3,(H,15,17). The van der Waals surface area contributed by atoms with Gasteiger partial charge in [-0.05, 0) is 19.1 Å². The van der Waals surface area contributed by atoms with Gasteiger partial charge in [-0.15, -0.1) is 0 Å². The lowest BCUT2D eigenvalue weighted by Gasteiger charge is -2.37. The Morgan fingerprint density at radius 2 is 2.22 bits per heavy atom. The third-order valence-electron chi connectivity index (χ3n) is 3.05. The van der Waals surface area contributed by atoms with Crippen molar-refractivity contribution in [2.24, 2.45) is 5.73 Å². The molecule has 1 fully saturated rings. The SMILES string of the molecule is CC1COC(CN)CN1C(=O)Nc1ccccc1. The summed E-state index contributed by atoms with van der Waals surface area (Å²) in [5, 5.41) is 2.88. The van der Waals surface area contributed by atoms with Crippen LogP contribution in [-0.4, -0.2) is 42.8 Å². The van der Waals surface area contributed by atoms with Gasteiger partial charge in [0.15, 0.2) is 0 Å². The average Bonchev–Trinajstić information content (AvgIpc) is 2.40. The zero-order valence-electron chi connectivity index (χ0n) is 10.5. The van der Waals surface area contributed by atoms with E-state index < -0.39 is 0 Å². The number of hydrogen-bond donors (Lipinski definition) is 2.